The molecular weight excluding hydrogens is 312 g/mol. The molecule has 0 spiro atoms. The van der Waals surface area contributed by atoms with Crippen LogP contribution in [0.15, 0.2) is 24.4 Å². The zero-order valence-electron chi connectivity index (χ0n) is 12.8. The van der Waals surface area contributed by atoms with Crippen molar-refractivity contribution in [1.29, 1.82) is 0 Å². The Labute approximate surface area is 138 Å². The number of carboxylic acid groups (broad SMARTS) is 1. The number of amides is 1. The van der Waals surface area contributed by atoms with E-state index in [0.29, 0.717) is 17.0 Å². The number of nitrogens with one attached hydrogen (secondary N) is 1. The van der Waals surface area contributed by atoms with Crippen LogP contribution in [0.2, 0.25) is 0 Å². The normalized spacial score (nSPS) is 13.8. The van der Waals surface area contributed by atoms with Crippen LogP contribution in [0.5, 0.6) is 0 Å². The van der Waals surface area contributed by atoms with E-state index in [-0.39, 0.29) is 11.5 Å². The fraction of sp³-hybridized carbons (Fsp3) is 0.353. The summed E-state index contributed by atoms with van der Waals surface area (Å²) in [5.41, 5.74) is 1.62. The van der Waals surface area contributed by atoms with Crippen LogP contribution in [0.4, 0.5) is 5.69 Å². The molecule has 23 heavy (non-hydrogen) atoms. The van der Waals surface area contributed by atoms with Crippen LogP contribution in [-0.4, -0.2) is 22.0 Å². The highest BCUT2D eigenvalue weighted by atomic mass is 32.1. The zero-order valence-corrected chi connectivity index (χ0v) is 13.7. The molecule has 1 amide bonds. The van der Waals surface area contributed by atoms with E-state index in [9.17, 15) is 9.59 Å². The van der Waals surface area contributed by atoms with Crippen molar-refractivity contribution in [3.63, 3.8) is 0 Å². The first-order chi connectivity index (χ1) is 11.1. The molecule has 2 N–H and O–H groups in total. The van der Waals surface area contributed by atoms with Crippen molar-refractivity contribution in [2.24, 2.45) is 5.92 Å². The SMILES string of the molecule is CCc1ccc(C(=O)O)cc1NC(=O)c1cnc(CC2CC2)s1. The average molecular weight is 330 g/mol. The number of nitrogens with zero attached hydrogens (tertiary/aromatic N) is 1. The third-order valence-corrected chi connectivity index (χ3v) is 4.94. The molecule has 1 heterocycles. The standard InChI is InChI=1S/C17H18N2O3S/c1-2-11-5-6-12(17(21)22)8-13(11)19-16(20)14-9-18-15(23-14)7-10-3-4-10/h5-6,8-10H,2-4,7H2,1H3,(H,19,20)(H,21,22). The quantitative estimate of drug-likeness (QED) is 0.848. The van der Waals surface area contributed by atoms with E-state index in [1.807, 2.05) is 6.92 Å². The maximum atomic E-state index is 12.4. The van der Waals surface area contributed by atoms with Crippen LogP contribution < -0.4 is 5.32 Å². The molecule has 1 fully saturated rings. The number of carbonyl (C=O) groups excluding carboxylic acids is 1. The molecule has 5 nitrogen and oxygen atoms in total. The third kappa shape index (κ3) is 3.76. The Balaban J connectivity index is 1.77. The molecule has 1 saturated carbocycles. The van der Waals surface area contributed by atoms with E-state index in [1.165, 1.54) is 30.2 Å². The molecule has 0 saturated heterocycles. The second-order valence-corrected chi connectivity index (χ2v) is 6.87. The van der Waals surface area contributed by atoms with Crippen LogP contribution in [0.3, 0.4) is 0 Å². The van der Waals surface area contributed by atoms with Gasteiger partial charge in [-0.3, -0.25) is 4.79 Å². The fourth-order valence-corrected chi connectivity index (χ4v) is 3.32. The van der Waals surface area contributed by atoms with Crippen molar-refractivity contribution in [3.05, 3.63) is 45.4 Å². The molecule has 3 rings (SSSR count). The Kier molecular flexibility index (Phi) is 4.43. The highest BCUT2D eigenvalue weighted by molar-refractivity contribution is 7.13. The van der Waals surface area contributed by atoms with Crippen molar-refractivity contribution in [3.8, 4) is 0 Å². The molecule has 0 radical (unpaired) electrons. The van der Waals surface area contributed by atoms with Gasteiger partial charge in [-0.25, -0.2) is 9.78 Å². The van der Waals surface area contributed by atoms with Gasteiger partial charge in [-0.05, 0) is 42.9 Å². The van der Waals surface area contributed by atoms with Crippen molar-refractivity contribution in [2.75, 3.05) is 5.32 Å². The number of benzene rings is 1. The number of hydrogen-bond acceptors (Lipinski definition) is 4. The second kappa shape index (κ2) is 6.50. The summed E-state index contributed by atoms with van der Waals surface area (Å²) in [7, 11) is 0. The van der Waals surface area contributed by atoms with Gasteiger partial charge >= 0.3 is 5.97 Å². The molecule has 0 atom stereocenters. The topological polar surface area (TPSA) is 79.3 Å². The average Bonchev–Trinajstić information content (AvgIpc) is 3.22. The number of carboxylic acids is 1. The molecule has 1 aromatic carbocycles. The Morgan fingerprint density at radius 1 is 1.39 bits per heavy atom. The van der Waals surface area contributed by atoms with Gasteiger partial charge in [0.25, 0.3) is 5.91 Å². The number of anilines is 1. The lowest BCUT2D eigenvalue weighted by Crippen LogP contribution is -2.12. The zero-order chi connectivity index (χ0) is 16.4. The number of hydrogen-bond donors (Lipinski definition) is 2. The van der Waals surface area contributed by atoms with E-state index in [2.05, 4.69) is 10.3 Å². The van der Waals surface area contributed by atoms with E-state index < -0.39 is 5.97 Å². The summed E-state index contributed by atoms with van der Waals surface area (Å²) in [6.07, 6.45) is 5.77. The number of carbonyl (C=O) groups is 2. The minimum atomic E-state index is -1.01. The molecule has 0 bridgehead atoms. The Morgan fingerprint density at radius 2 is 2.17 bits per heavy atom. The molecule has 1 aliphatic carbocycles. The predicted octanol–water partition coefficient (Wildman–Crippen LogP) is 3.61. The molecule has 1 aliphatic rings. The van der Waals surface area contributed by atoms with Crippen molar-refractivity contribution < 1.29 is 14.7 Å². The van der Waals surface area contributed by atoms with Crippen LogP contribution >= 0.6 is 11.3 Å². The first kappa shape index (κ1) is 15.7. The van der Waals surface area contributed by atoms with E-state index in [1.54, 1.807) is 18.3 Å². The van der Waals surface area contributed by atoms with Gasteiger partial charge in [0, 0.05) is 12.1 Å². The molecule has 0 unspecified atom stereocenters. The largest absolute Gasteiger partial charge is 0.478 e. The van der Waals surface area contributed by atoms with Crippen molar-refractivity contribution in [2.45, 2.75) is 32.6 Å². The van der Waals surface area contributed by atoms with Crippen LogP contribution in [0.25, 0.3) is 0 Å². The minimum absolute atomic E-state index is 0.163. The molecule has 0 aliphatic heterocycles. The molecule has 120 valence electrons. The summed E-state index contributed by atoms with van der Waals surface area (Å²) in [6, 6.07) is 4.80. The van der Waals surface area contributed by atoms with Gasteiger partial charge in [0.1, 0.15) is 4.88 Å². The molecular formula is C17H18N2O3S. The number of aromatic carboxylic acids is 1. The predicted molar refractivity (Wildman–Crippen MR) is 89.3 cm³/mol. The van der Waals surface area contributed by atoms with E-state index in [4.69, 9.17) is 5.11 Å². The summed E-state index contributed by atoms with van der Waals surface area (Å²) in [5.74, 6) is -0.509. The maximum absolute atomic E-state index is 12.4. The summed E-state index contributed by atoms with van der Waals surface area (Å²) >= 11 is 1.41. The number of aryl methyl sites for hydroxylation is 1. The molecule has 2 aromatic rings. The van der Waals surface area contributed by atoms with Crippen LogP contribution in [0, 0.1) is 5.92 Å². The highest BCUT2D eigenvalue weighted by Gasteiger charge is 2.23. The Hall–Kier alpha value is -2.21. The van der Waals surface area contributed by atoms with Gasteiger partial charge in [0.2, 0.25) is 0 Å². The van der Waals surface area contributed by atoms with Crippen LogP contribution in [-0.2, 0) is 12.8 Å². The van der Waals surface area contributed by atoms with Crippen molar-refractivity contribution in [1.82, 2.24) is 4.98 Å². The number of aromatic nitrogens is 1. The lowest BCUT2D eigenvalue weighted by Gasteiger charge is -2.10. The fourth-order valence-electron chi connectivity index (χ4n) is 2.40. The minimum Gasteiger partial charge on any atom is -0.478 e. The summed E-state index contributed by atoms with van der Waals surface area (Å²) in [4.78, 5) is 28.4. The van der Waals surface area contributed by atoms with E-state index in [0.717, 1.165) is 22.9 Å². The van der Waals surface area contributed by atoms with Gasteiger partial charge in [-0.1, -0.05) is 13.0 Å². The van der Waals surface area contributed by atoms with Gasteiger partial charge in [-0.2, -0.15) is 0 Å². The monoisotopic (exact) mass is 330 g/mol. The lowest BCUT2D eigenvalue weighted by atomic mass is 10.1. The van der Waals surface area contributed by atoms with Gasteiger partial charge in [-0.15, -0.1) is 11.3 Å². The van der Waals surface area contributed by atoms with Gasteiger partial charge in [0.05, 0.1) is 16.8 Å². The van der Waals surface area contributed by atoms with Crippen molar-refractivity contribution >= 4 is 28.9 Å². The lowest BCUT2D eigenvalue weighted by molar-refractivity contribution is 0.0696. The maximum Gasteiger partial charge on any atom is 0.335 e. The van der Waals surface area contributed by atoms with E-state index >= 15 is 0 Å². The second-order valence-electron chi connectivity index (χ2n) is 5.75. The highest BCUT2D eigenvalue weighted by Crippen LogP contribution is 2.33. The smallest absolute Gasteiger partial charge is 0.335 e. The summed E-state index contributed by atoms with van der Waals surface area (Å²) in [6.45, 7) is 1.96. The van der Waals surface area contributed by atoms with Gasteiger partial charge < -0.3 is 10.4 Å². The van der Waals surface area contributed by atoms with Crippen LogP contribution in [0.1, 0.15) is 50.4 Å². The summed E-state index contributed by atoms with van der Waals surface area (Å²) < 4.78 is 0. The Bertz CT molecular complexity index is 750. The molecule has 6 heteroatoms. The number of rotatable bonds is 6. The van der Waals surface area contributed by atoms with Gasteiger partial charge in [0.15, 0.2) is 0 Å². The number of thiazole rings is 1. The Morgan fingerprint density at radius 3 is 2.83 bits per heavy atom. The molecule has 1 aromatic heterocycles. The first-order valence-electron chi connectivity index (χ1n) is 7.69. The summed E-state index contributed by atoms with van der Waals surface area (Å²) in [5, 5.41) is 12.9. The third-order valence-electron chi connectivity index (χ3n) is 3.92. The first-order valence-corrected chi connectivity index (χ1v) is 8.50.